The Morgan fingerprint density at radius 2 is 2.23 bits per heavy atom. The number of hydrogen-bond acceptors (Lipinski definition) is 4. The molecule has 2 atom stereocenters. The number of ether oxygens (including phenoxy) is 1. The predicted octanol–water partition coefficient (Wildman–Crippen LogP) is 3.49. The molecule has 0 unspecified atom stereocenters. The Kier molecular flexibility index (Phi) is 4.32. The van der Waals surface area contributed by atoms with Crippen molar-refractivity contribution in [3.8, 4) is 0 Å². The van der Waals surface area contributed by atoms with Crippen molar-refractivity contribution in [2.24, 2.45) is 0 Å². The molecule has 2 saturated heterocycles. The Morgan fingerprint density at radius 1 is 1.45 bits per heavy atom. The van der Waals surface area contributed by atoms with Gasteiger partial charge in [0.25, 0.3) is 0 Å². The van der Waals surface area contributed by atoms with E-state index in [4.69, 9.17) is 27.9 Å². The first-order valence-electron chi connectivity index (χ1n) is 6.97. The van der Waals surface area contributed by atoms with Crippen molar-refractivity contribution >= 4 is 46.8 Å². The fraction of sp³-hybridized carbons (Fsp3) is 0.467. The molecule has 0 saturated carbocycles. The Bertz CT molecular complexity index is 639. The first kappa shape index (κ1) is 16.0. The van der Waals surface area contributed by atoms with E-state index in [9.17, 15) is 9.59 Å². The van der Waals surface area contributed by atoms with Crippen LogP contribution in [-0.2, 0) is 20.9 Å². The van der Waals surface area contributed by atoms with Crippen molar-refractivity contribution in [3.05, 3.63) is 33.8 Å². The number of nitrogens with zero attached hydrogens (tertiary/aromatic N) is 1. The van der Waals surface area contributed by atoms with Crippen molar-refractivity contribution in [3.63, 3.8) is 0 Å². The maximum Gasteiger partial charge on any atom is 0.330 e. The SMILES string of the molecule is C[C@@]12CCC(=O)N1[C@@H](C(=O)OCc1ccc(Cl)c(Cl)c1)CS2. The van der Waals surface area contributed by atoms with Gasteiger partial charge in [-0.15, -0.1) is 11.8 Å². The van der Waals surface area contributed by atoms with Gasteiger partial charge in [-0.25, -0.2) is 4.79 Å². The van der Waals surface area contributed by atoms with Crippen molar-refractivity contribution < 1.29 is 14.3 Å². The summed E-state index contributed by atoms with van der Waals surface area (Å²) in [6.45, 7) is 2.13. The number of carbonyl (C=O) groups excluding carboxylic acids is 2. The van der Waals surface area contributed by atoms with Crippen LogP contribution in [0.1, 0.15) is 25.3 Å². The van der Waals surface area contributed by atoms with Crippen LogP contribution in [0.25, 0.3) is 0 Å². The van der Waals surface area contributed by atoms with E-state index in [0.29, 0.717) is 22.2 Å². The zero-order chi connectivity index (χ0) is 15.9. The van der Waals surface area contributed by atoms with E-state index in [1.54, 1.807) is 34.9 Å². The molecule has 0 aliphatic carbocycles. The van der Waals surface area contributed by atoms with Crippen LogP contribution in [0.3, 0.4) is 0 Å². The summed E-state index contributed by atoms with van der Waals surface area (Å²) in [7, 11) is 0. The summed E-state index contributed by atoms with van der Waals surface area (Å²) < 4.78 is 5.36. The Labute approximate surface area is 143 Å². The lowest BCUT2D eigenvalue weighted by Crippen LogP contribution is -2.46. The molecule has 22 heavy (non-hydrogen) atoms. The molecule has 2 heterocycles. The van der Waals surface area contributed by atoms with Gasteiger partial charge in [0.1, 0.15) is 12.6 Å². The minimum Gasteiger partial charge on any atom is -0.459 e. The highest BCUT2D eigenvalue weighted by Gasteiger charge is 2.53. The molecule has 2 fully saturated rings. The summed E-state index contributed by atoms with van der Waals surface area (Å²) in [5.74, 6) is 0.254. The second kappa shape index (κ2) is 5.95. The smallest absolute Gasteiger partial charge is 0.330 e. The zero-order valence-electron chi connectivity index (χ0n) is 12.0. The second-order valence-corrected chi connectivity index (χ2v) is 7.94. The van der Waals surface area contributed by atoms with E-state index in [0.717, 1.165) is 12.0 Å². The van der Waals surface area contributed by atoms with Gasteiger partial charge >= 0.3 is 5.97 Å². The molecule has 0 bridgehead atoms. The largest absolute Gasteiger partial charge is 0.459 e. The van der Waals surface area contributed by atoms with E-state index in [2.05, 4.69) is 0 Å². The number of amides is 1. The van der Waals surface area contributed by atoms with Gasteiger partial charge in [0.2, 0.25) is 5.91 Å². The third kappa shape index (κ3) is 2.82. The van der Waals surface area contributed by atoms with Gasteiger partial charge in [0.05, 0.1) is 14.9 Å². The molecule has 118 valence electrons. The minimum atomic E-state index is -0.493. The van der Waals surface area contributed by atoms with Gasteiger partial charge in [-0.05, 0) is 31.0 Å². The van der Waals surface area contributed by atoms with Crippen molar-refractivity contribution in [1.82, 2.24) is 4.90 Å². The number of halogens is 2. The normalized spacial score (nSPS) is 27.1. The van der Waals surface area contributed by atoms with Crippen LogP contribution in [0.15, 0.2) is 18.2 Å². The standard InChI is InChI=1S/C15H15Cl2NO3S/c1-15-5-4-13(19)18(15)12(8-22-15)14(20)21-7-9-2-3-10(16)11(17)6-9/h2-3,6,12H,4-5,7-8H2,1H3/t12-,15-/m1/s1. The van der Waals surface area contributed by atoms with Crippen LogP contribution in [0.2, 0.25) is 10.0 Å². The van der Waals surface area contributed by atoms with Crippen LogP contribution in [0, 0.1) is 0 Å². The monoisotopic (exact) mass is 359 g/mol. The van der Waals surface area contributed by atoms with Gasteiger partial charge in [-0.1, -0.05) is 29.3 Å². The quantitative estimate of drug-likeness (QED) is 0.775. The van der Waals surface area contributed by atoms with Gasteiger partial charge in [0.15, 0.2) is 0 Å². The van der Waals surface area contributed by atoms with Gasteiger partial charge in [-0.2, -0.15) is 0 Å². The van der Waals surface area contributed by atoms with Crippen LogP contribution in [0.5, 0.6) is 0 Å². The molecule has 2 aliphatic heterocycles. The predicted molar refractivity (Wildman–Crippen MR) is 87.0 cm³/mol. The van der Waals surface area contributed by atoms with E-state index >= 15 is 0 Å². The Morgan fingerprint density at radius 3 is 2.95 bits per heavy atom. The lowest BCUT2D eigenvalue weighted by atomic mass is 10.2. The first-order valence-corrected chi connectivity index (χ1v) is 8.71. The minimum absolute atomic E-state index is 0.0315. The number of thioether (sulfide) groups is 1. The molecule has 2 aliphatic rings. The van der Waals surface area contributed by atoms with Crippen LogP contribution in [-0.4, -0.2) is 33.4 Å². The highest BCUT2D eigenvalue weighted by molar-refractivity contribution is 8.01. The average molecular weight is 360 g/mol. The highest BCUT2D eigenvalue weighted by atomic mass is 35.5. The molecule has 4 nitrogen and oxygen atoms in total. The molecule has 0 N–H and O–H groups in total. The van der Waals surface area contributed by atoms with E-state index < -0.39 is 6.04 Å². The topological polar surface area (TPSA) is 46.6 Å². The highest BCUT2D eigenvalue weighted by Crippen LogP contribution is 2.47. The maximum atomic E-state index is 12.3. The average Bonchev–Trinajstić information content (AvgIpc) is 2.97. The van der Waals surface area contributed by atoms with Gasteiger partial charge in [0, 0.05) is 12.2 Å². The molecule has 0 aromatic heterocycles. The lowest BCUT2D eigenvalue weighted by molar-refractivity contribution is -0.154. The van der Waals surface area contributed by atoms with Crippen molar-refractivity contribution in [2.75, 3.05) is 5.75 Å². The van der Waals surface area contributed by atoms with Gasteiger partial charge in [-0.3, -0.25) is 4.79 Å². The fourth-order valence-corrected chi connectivity index (χ4v) is 4.61. The molecule has 1 aromatic carbocycles. The first-order chi connectivity index (χ1) is 10.4. The summed E-state index contributed by atoms with van der Waals surface area (Å²) in [6.07, 6.45) is 1.28. The Balaban J connectivity index is 1.65. The number of esters is 1. The molecule has 7 heteroatoms. The summed E-state index contributed by atoms with van der Waals surface area (Å²) in [6, 6.07) is 4.61. The number of rotatable bonds is 3. The number of fused-ring (bicyclic) bond motifs is 1. The number of hydrogen-bond donors (Lipinski definition) is 0. The molecular formula is C15H15Cl2NO3S. The molecule has 0 radical (unpaired) electrons. The third-order valence-corrected chi connectivity index (χ3v) is 6.33. The summed E-state index contributed by atoms with van der Waals surface area (Å²) in [5.41, 5.74) is 0.768. The molecular weight excluding hydrogens is 345 g/mol. The molecule has 0 spiro atoms. The van der Waals surface area contributed by atoms with E-state index in [1.807, 2.05) is 6.92 Å². The van der Waals surface area contributed by atoms with Crippen molar-refractivity contribution in [2.45, 2.75) is 37.3 Å². The molecule has 1 aromatic rings. The number of benzene rings is 1. The van der Waals surface area contributed by atoms with Crippen LogP contribution in [0.4, 0.5) is 0 Å². The third-order valence-electron chi connectivity index (χ3n) is 4.08. The summed E-state index contributed by atoms with van der Waals surface area (Å²) in [4.78, 5) is 25.7. The van der Waals surface area contributed by atoms with Gasteiger partial charge < -0.3 is 9.64 Å². The number of carbonyl (C=O) groups is 2. The van der Waals surface area contributed by atoms with E-state index in [1.165, 1.54) is 0 Å². The molecule has 1 amide bonds. The summed E-state index contributed by atoms with van der Waals surface area (Å²) >= 11 is 13.4. The second-order valence-electron chi connectivity index (χ2n) is 5.62. The maximum absolute atomic E-state index is 12.3. The van der Waals surface area contributed by atoms with Crippen LogP contribution >= 0.6 is 35.0 Å². The van der Waals surface area contributed by atoms with Crippen LogP contribution < -0.4 is 0 Å². The van der Waals surface area contributed by atoms with E-state index in [-0.39, 0.29) is 23.4 Å². The summed E-state index contributed by atoms with van der Waals surface area (Å²) in [5, 5.41) is 0.885. The molecule has 3 rings (SSSR count). The Hall–Kier alpha value is -0.910. The fourth-order valence-electron chi connectivity index (χ4n) is 2.88. The van der Waals surface area contributed by atoms with Crippen molar-refractivity contribution in [1.29, 1.82) is 0 Å². The lowest BCUT2D eigenvalue weighted by Gasteiger charge is -2.29. The zero-order valence-corrected chi connectivity index (χ0v) is 14.3.